The van der Waals surface area contributed by atoms with Crippen LogP contribution in [0.15, 0.2) is 82.6 Å². The van der Waals surface area contributed by atoms with Crippen LogP contribution in [0.3, 0.4) is 0 Å². The second kappa shape index (κ2) is 10.3. The lowest BCUT2D eigenvalue weighted by Gasteiger charge is -2.43. The number of carbonyl (C=O) groups excluding carboxylic acids is 2. The number of hydrogen-bond acceptors (Lipinski definition) is 7. The van der Waals surface area contributed by atoms with Gasteiger partial charge >= 0.3 is 4.87 Å². The van der Waals surface area contributed by atoms with Gasteiger partial charge in [-0.15, -0.1) is 11.8 Å². The molecule has 0 radical (unpaired) electrons. The van der Waals surface area contributed by atoms with E-state index in [1.165, 1.54) is 16.2 Å². The van der Waals surface area contributed by atoms with Crippen LogP contribution in [0, 0.1) is 29.6 Å². The van der Waals surface area contributed by atoms with Crippen molar-refractivity contribution in [1.29, 1.82) is 0 Å². The molecule has 8 rings (SSSR count). The van der Waals surface area contributed by atoms with Crippen LogP contribution in [0.2, 0.25) is 5.02 Å². The molecule has 2 aliphatic heterocycles. The second-order valence-electron chi connectivity index (χ2n) is 11.6. The predicted molar refractivity (Wildman–Crippen MR) is 166 cm³/mol. The summed E-state index contributed by atoms with van der Waals surface area (Å²) in [5.74, 6) is 0.464. The van der Waals surface area contributed by atoms with E-state index in [0.717, 1.165) is 27.5 Å². The highest BCUT2D eigenvalue weighted by molar-refractivity contribution is 8.00. The number of imide groups is 1. The Morgan fingerprint density at radius 3 is 2.49 bits per heavy atom. The van der Waals surface area contributed by atoms with Crippen molar-refractivity contribution in [3.63, 3.8) is 0 Å². The highest BCUT2D eigenvalue weighted by Gasteiger charge is 2.69. The topological polar surface area (TPSA) is 88.7 Å². The predicted octanol–water partition coefficient (Wildman–Crippen LogP) is 6.36. The summed E-state index contributed by atoms with van der Waals surface area (Å²) in [6, 6.07) is 22.8. The van der Waals surface area contributed by atoms with Gasteiger partial charge in [-0.25, -0.2) is 0 Å². The smallest absolute Gasteiger partial charge is 0.305 e. The van der Waals surface area contributed by atoms with Crippen molar-refractivity contribution in [2.75, 3.05) is 12.0 Å². The Morgan fingerprint density at radius 2 is 1.72 bits per heavy atom. The number of fused-ring (bicyclic) bond motifs is 9. The number of H-pyrrole nitrogens is 1. The molecule has 0 spiro atoms. The molecule has 3 heterocycles. The Bertz CT molecular complexity index is 1820. The fraction of sp³-hybridized carbons (Fsp3) is 0.303. The van der Waals surface area contributed by atoms with E-state index in [4.69, 9.17) is 21.1 Å². The molecule has 7 nitrogen and oxygen atoms in total. The largest absolute Gasteiger partial charge is 0.493 e. The van der Waals surface area contributed by atoms with E-state index in [-0.39, 0.29) is 57.4 Å². The minimum absolute atomic E-state index is 0.0396. The zero-order valence-electron chi connectivity index (χ0n) is 23.1. The average Bonchev–Trinajstić information content (AvgIpc) is 3.75. The van der Waals surface area contributed by atoms with Gasteiger partial charge in [0.1, 0.15) is 6.61 Å². The Morgan fingerprint density at radius 1 is 0.930 bits per heavy atom. The molecule has 4 aromatic rings. The van der Waals surface area contributed by atoms with Crippen molar-refractivity contribution in [2.45, 2.75) is 29.2 Å². The van der Waals surface area contributed by atoms with Crippen LogP contribution in [-0.2, 0) is 16.2 Å². The summed E-state index contributed by atoms with van der Waals surface area (Å²) in [5, 5.41) is 1.64. The first-order valence-corrected chi connectivity index (χ1v) is 16.4. The Labute approximate surface area is 261 Å². The van der Waals surface area contributed by atoms with Gasteiger partial charge < -0.3 is 14.5 Å². The van der Waals surface area contributed by atoms with E-state index >= 15 is 0 Å². The van der Waals surface area contributed by atoms with Crippen LogP contribution in [-0.4, -0.2) is 29.2 Å². The summed E-state index contributed by atoms with van der Waals surface area (Å²) in [6.07, 6.45) is 0.839. The summed E-state index contributed by atoms with van der Waals surface area (Å²) in [6.45, 7) is 0.339. The van der Waals surface area contributed by atoms with Gasteiger partial charge in [0.05, 0.1) is 29.7 Å². The molecule has 0 unspecified atom stereocenters. The minimum Gasteiger partial charge on any atom is -0.493 e. The molecule has 10 heteroatoms. The van der Waals surface area contributed by atoms with Crippen LogP contribution >= 0.6 is 34.7 Å². The van der Waals surface area contributed by atoms with Gasteiger partial charge in [-0.1, -0.05) is 59.3 Å². The number of rotatable bonds is 6. The summed E-state index contributed by atoms with van der Waals surface area (Å²) in [5.41, 5.74) is 2.60. The second-order valence-corrected chi connectivity index (χ2v) is 14.3. The van der Waals surface area contributed by atoms with Crippen molar-refractivity contribution in [1.82, 2.24) is 4.98 Å². The van der Waals surface area contributed by atoms with Gasteiger partial charge in [-0.2, -0.15) is 0 Å². The van der Waals surface area contributed by atoms with Crippen molar-refractivity contribution in [3.05, 3.63) is 103 Å². The standard InChI is InChI=1S/C33H27ClN2O5S2/c1-40-23-13-17(10-11-22(23)41-15-16-6-5-7-18(34)12-16)24-25-20-14-21(28(25)42-30-29(24)43-33(39)35-30)27-26(20)31(37)36(32(27)38)19-8-3-2-4-9-19/h2-13,20-21,24-28H,14-15H2,1H3,(H,35,39)/t20-,21-,24+,25+,26+,27+,28-/m1/s1. The first-order chi connectivity index (χ1) is 20.9. The number of anilines is 1. The molecule has 43 heavy (non-hydrogen) atoms. The van der Waals surface area contributed by atoms with Gasteiger partial charge in [0.25, 0.3) is 0 Å². The Kier molecular flexibility index (Phi) is 6.47. The highest BCUT2D eigenvalue weighted by Crippen LogP contribution is 2.68. The van der Waals surface area contributed by atoms with Crippen LogP contribution in [0.1, 0.15) is 28.3 Å². The molecule has 2 bridgehead atoms. The molecule has 1 saturated heterocycles. The van der Waals surface area contributed by atoms with E-state index in [0.29, 0.717) is 28.8 Å². The maximum absolute atomic E-state index is 13.9. The number of nitrogens with zero attached hydrogens (tertiary/aromatic N) is 1. The van der Waals surface area contributed by atoms with Crippen LogP contribution < -0.4 is 19.2 Å². The van der Waals surface area contributed by atoms with E-state index in [2.05, 4.69) is 4.98 Å². The molecule has 1 N–H and O–H groups in total. The fourth-order valence-corrected chi connectivity index (χ4v) is 11.1. The average molecular weight is 631 g/mol. The number of thiazole rings is 1. The van der Waals surface area contributed by atoms with Gasteiger partial charge in [0.2, 0.25) is 11.8 Å². The third kappa shape index (κ3) is 4.19. The molecule has 3 fully saturated rings. The number of carbonyl (C=O) groups is 2. The van der Waals surface area contributed by atoms with Crippen LogP contribution in [0.4, 0.5) is 5.69 Å². The molecule has 2 amide bonds. The quantitative estimate of drug-likeness (QED) is 0.250. The lowest BCUT2D eigenvalue weighted by molar-refractivity contribution is -0.123. The van der Waals surface area contributed by atoms with Crippen LogP contribution in [0.5, 0.6) is 11.5 Å². The molecule has 2 saturated carbocycles. The van der Waals surface area contributed by atoms with Crippen molar-refractivity contribution >= 4 is 52.2 Å². The molecule has 2 aliphatic carbocycles. The van der Waals surface area contributed by atoms with Crippen LogP contribution in [0.25, 0.3) is 0 Å². The summed E-state index contributed by atoms with van der Waals surface area (Å²) >= 11 is 9.07. The monoisotopic (exact) mass is 630 g/mol. The summed E-state index contributed by atoms with van der Waals surface area (Å²) < 4.78 is 11.9. The van der Waals surface area contributed by atoms with Crippen molar-refractivity contribution in [2.24, 2.45) is 29.6 Å². The maximum Gasteiger partial charge on any atom is 0.305 e. The minimum atomic E-state index is -0.346. The first-order valence-electron chi connectivity index (χ1n) is 14.3. The number of aromatic amines is 1. The lowest BCUT2D eigenvalue weighted by Crippen LogP contribution is -2.42. The highest BCUT2D eigenvalue weighted by atomic mass is 35.5. The van der Waals surface area contributed by atoms with Gasteiger partial charge in [-0.3, -0.25) is 19.3 Å². The van der Waals surface area contributed by atoms with Crippen molar-refractivity contribution in [3.8, 4) is 11.5 Å². The third-order valence-electron chi connectivity index (χ3n) is 9.57. The third-order valence-corrected chi connectivity index (χ3v) is 12.4. The van der Waals surface area contributed by atoms with E-state index in [1.807, 2.05) is 72.8 Å². The van der Waals surface area contributed by atoms with Gasteiger partial charge in [0, 0.05) is 21.1 Å². The van der Waals surface area contributed by atoms with Crippen molar-refractivity contribution < 1.29 is 19.1 Å². The van der Waals surface area contributed by atoms with Gasteiger partial charge in [0.15, 0.2) is 11.5 Å². The molecule has 218 valence electrons. The number of amides is 2. The summed E-state index contributed by atoms with van der Waals surface area (Å²) in [7, 11) is 1.62. The Hall–Kier alpha value is -3.53. The molecular formula is C33H27ClN2O5S2. The number of ether oxygens (including phenoxy) is 2. The van der Waals surface area contributed by atoms with E-state index in [1.54, 1.807) is 18.9 Å². The summed E-state index contributed by atoms with van der Waals surface area (Å²) in [4.78, 5) is 45.7. The lowest BCUT2D eigenvalue weighted by atomic mass is 9.68. The number of nitrogens with one attached hydrogen (secondary N) is 1. The maximum atomic E-state index is 13.9. The molecule has 7 atom stereocenters. The van der Waals surface area contributed by atoms with E-state index < -0.39 is 0 Å². The molecule has 4 aliphatic rings. The number of para-hydroxylation sites is 1. The number of halogens is 1. The van der Waals surface area contributed by atoms with Gasteiger partial charge in [-0.05, 0) is 71.7 Å². The zero-order valence-corrected chi connectivity index (χ0v) is 25.5. The molecule has 3 aromatic carbocycles. The fourth-order valence-electron chi connectivity index (χ4n) is 8.01. The SMILES string of the molecule is COc1cc([C@@H]2c3sc(=O)[nH]c3S[C@@H]3[C@@H]4C[C@@H]([C@@H]5C(=O)N(c6ccccc6)C(=O)[C@@H]45)[C@@H]23)ccc1OCc1cccc(Cl)c1. The number of hydrogen-bond donors (Lipinski definition) is 1. The normalized spacial score (nSPS) is 28.5. The molecule has 1 aromatic heterocycles. The number of benzene rings is 3. The first kappa shape index (κ1) is 27.0. The number of thioether (sulfide) groups is 1. The molecular weight excluding hydrogens is 604 g/mol. The number of aromatic nitrogens is 1. The Balaban J connectivity index is 1.15. The van der Waals surface area contributed by atoms with E-state index in [9.17, 15) is 14.4 Å². The number of methoxy groups -OCH3 is 1. The zero-order chi connectivity index (χ0) is 29.4.